The van der Waals surface area contributed by atoms with Gasteiger partial charge < -0.3 is 10.1 Å². The number of carbonyl (C=O) groups is 1. The van der Waals surface area contributed by atoms with E-state index in [0.717, 1.165) is 5.56 Å². The number of benzene rings is 1. The Morgan fingerprint density at radius 3 is 2.57 bits per heavy atom. The molecule has 21 heavy (non-hydrogen) atoms. The smallest absolute Gasteiger partial charge is 0.405 e. The molecule has 0 heterocycles. The van der Waals surface area contributed by atoms with E-state index in [0.29, 0.717) is 5.75 Å². The molecule has 0 fully saturated rings. The third kappa shape index (κ3) is 6.03. The minimum Gasteiger partial charge on any atom is -0.497 e. The van der Waals surface area contributed by atoms with E-state index in [9.17, 15) is 18.0 Å². The second-order valence-electron chi connectivity index (χ2n) is 4.72. The fraction of sp³-hybridized carbons (Fsp3) is 0.500. The van der Waals surface area contributed by atoms with Crippen molar-refractivity contribution in [3.63, 3.8) is 0 Å². The molecule has 0 aromatic heterocycles. The van der Waals surface area contributed by atoms with Crippen LogP contribution in [0.3, 0.4) is 0 Å². The van der Waals surface area contributed by atoms with Crippen LogP contribution in [0.4, 0.5) is 13.2 Å². The molecule has 0 aliphatic heterocycles. The lowest BCUT2D eigenvalue weighted by atomic mass is 10.1. The van der Waals surface area contributed by atoms with E-state index in [4.69, 9.17) is 4.74 Å². The first-order valence-corrected chi connectivity index (χ1v) is 6.47. The molecule has 1 amide bonds. The summed E-state index contributed by atoms with van der Waals surface area (Å²) in [6, 6.07) is 6.30. The third-order valence-electron chi connectivity index (χ3n) is 2.95. The topological polar surface area (TPSA) is 50.4 Å². The van der Waals surface area contributed by atoms with Gasteiger partial charge in [0.25, 0.3) is 0 Å². The molecule has 0 radical (unpaired) electrons. The predicted octanol–water partition coefficient (Wildman–Crippen LogP) is 2.41. The van der Waals surface area contributed by atoms with Crippen molar-refractivity contribution in [2.45, 2.75) is 32.1 Å². The van der Waals surface area contributed by atoms with Crippen LogP contribution in [0.1, 0.15) is 25.5 Å². The Hall–Kier alpha value is -1.76. The standard InChI is InChI=1S/C14H19F3N2O2/c1-9(11-5-4-6-12(7-11)21-3)19-10(2)13(20)18-8-14(15,16)17/h4-7,9-10,19H,8H2,1-3H3,(H,18,20)/t9-,10?/m0/s1. The molecule has 0 aliphatic rings. The summed E-state index contributed by atoms with van der Waals surface area (Å²) in [5.74, 6) is -0.0163. The van der Waals surface area contributed by atoms with Crippen LogP contribution in [-0.4, -0.2) is 31.8 Å². The van der Waals surface area contributed by atoms with E-state index in [1.54, 1.807) is 25.3 Å². The van der Waals surface area contributed by atoms with Gasteiger partial charge in [-0.2, -0.15) is 13.2 Å². The summed E-state index contributed by atoms with van der Waals surface area (Å²) in [6.45, 7) is 2.01. The largest absolute Gasteiger partial charge is 0.497 e. The van der Waals surface area contributed by atoms with Gasteiger partial charge in [-0.15, -0.1) is 0 Å². The minimum absolute atomic E-state index is 0.202. The fourth-order valence-electron chi connectivity index (χ4n) is 1.80. The van der Waals surface area contributed by atoms with E-state index in [-0.39, 0.29) is 6.04 Å². The molecule has 118 valence electrons. The molecule has 2 atom stereocenters. The van der Waals surface area contributed by atoms with Gasteiger partial charge in [0.15, 0.2) is 0 Å². The normalized spacial score (nSPS) is 14.4. The highest BCUT2D eigenvalue weighted by molar-refractivity contribution is 5.81. The van der Waals surface area contributed by atoms with E-state index in [2.05, 4.69) is 5.32 Å². The van der Waals surface area contributed by atoms with Gasteiger partial charge in [-0.1, -0.05) is 12.1 Å². The van der Waals surface area contributed by atoms with Crippen LogP contribution < -0.4 is 15.4 Å². The highest BCUT2D eigenvalue weighted by Crippen LogP contribution is 2.19. The van der Waals surface area contributed by atoms with E-state index in [1.165, 1.54) is 6.92 Å². The number of methoxy groups -OCH3 is 1. The SMILES string of the molecule is COc1cccc([C@H](C)NC(C)C(=O)NCC(F)(F)F)c1. The highest BCUT2D eigenvalue weighted by atomic mass is 19.4. The van der Waals surface area contributed by atoms with Gasteiger partial charge in [0.2, 0.25) is 5.91 Å². The van der Waals surface area contributed by atoms with E-state index >= 15 is 0 Å². The Labute approximate surface area is 121 Å². The van der Waals surface area contributed by atoms with Crippen molar-refractivity contribution in [3.05, 3.63) is 29.8 Å². The van der Waals surface area contributed by atoms with Crippen LogP contribution in [0.5, 0.6) is 5.75 Å². The predicted molar refractivity (Wildman–Crippen MR) is 73.1 cm³/mol. The van der Waals surface area contributed by atoms with Gasteiger partial charge in [-0.3, -0.25) is 10.1 Å². The molecule has 1 unspecified atom stereocenters. The number of hydrogen-bond donors (Lipinski definition) is 2. The number of nitrogens with one attached hydrogen (secondary N) is 2. The molecule has 0 saturated carbocycles. The average molecular weight is 304 g/mol. The van der Waals surface area contributed by atoms with Gasteiger partial charge in [0, 0.05) is 6.04 Å². The number of carbonyl (C=O) groups excluding carboxylic acids is 1. The van der Waals surface area contributed by atoms with E-state index in [1.807, 2.05) is 18.3 Å². The third-order valence-corrected chi connectivity index (χ3v) is 2.95. The average Bonchev–Trinajstić information content (AvgIpc) is 2.43. The van der Waals surface area contributed by atoms with E-state index < -0.39 is 24.7 Å². The van der Waals surface area contributed by atoms with Crippen LogP contribution in [0, 0.1) is 0 Å². The van der Waals surface area contributed by atoms with Crippen molar-refractivity contribution in [2.24, 2.45) is 0 Å². The van der Waals surface area contributed by atoms with Crippen LogP contribution >= 0.6 is 0 Å². The summed E-state index contributed by atoms with van der Waals surface area (Å²) in [6.07, 6.45) is -4.41. The fourth-order valence-corrected chi connectivity index (χ4v) is 1.80. The lowest BCUT2D eigenvalue weighted by molar-refractivity contribution is -0.139. The Kier molecular flexibility index (Phi) is 6.02. The Balaban J connectivity index is 2.56. The first-order valence-electron chi connectivity index (χ1n) is 6.47. The van der Waals surface area contributed by atoms with Crippen molar-refractivity contribution >= 4 is 5.91 Å². The summed E-state index contributed by atoms with van der Waals surface area (Å²) >= 11 is 0. The van der Waals surface area contributed by atoms with Crippen LogP contribution in [0.25, 0.3) is 0 Å². The number of halogens is 3. The molecule has 0 aliphatic carbocycles. The van der Waals surface area contributed by atoms with Gasteiger partial charge in [-0.25, -0.2) is 0 Å². The quantitative estimate of drug-likeness (QED) is 0.848. The first-order chi connectivity index (χ1) is 9.73. The zero-order chi connectivity index (χ0) is 16.0. The van der Waals surface area contributed by atoms with Crippen LogP contribution in [-0.2, 0) is 4.79 Å². The lowest BCUT2D eigenvalue weighted by Gasteiger charge is -2.20. The van der Waals surface area contributed by atoms with Gasteiger partial charge in [0.05, 0.1) is 13.2 Å². The second-order valence-corrected chi connectivity index (χ2v) is 4.72. The molecule has 0 bridgehead atoms. The number of ether oxygens (including phenoxy) is 1. The van der Waals surface area contributed by atoms with Crippen molar-refractivity contribution in [1.82, 2.24) is 10.6 Å². The zero-order valence-electron chi connectivity index (χ0n) is 12.1. The molecule has 1 aromatic rings. The molecule has 2 N–H and O–H groups in total. The Morgan fingerprint density at radius 2 is 2.00 bits per heavy atom. The molecule has 1 aromatic carbocycles. The molecule has 0 spiro atoms. The summed E-state index contributed by atoms with van der Waals surface area (Å²) in [7, 11) is 1.55. The van der Waals surface area contributed by atoms with Crippen molar-refractivity contribution in [2.75, 3.05) is 13.7 Å². The monoisotopic (exact) mass is 304 g/mol. The van der Waals surface area contributed by atoms with Crippen LogP contribution in [0.15, 0.2) is 24.3 Å². The second kappa shape index (κ2) is 7.31. The highest BCUT2D eigenvalue weighted by Gasteiger charge is 2.28. The maximum absolute atomic E-state index is 12.0. The Bertz CT molecular complexity index is 478. The van der Waals surface area contributed by atoms with Crippen molar-refractivity contribution in [3.8, 4) is 5.75 Å². The number of alkyl halides is 3. The number of amides is 1. The molecule has 7 heteroatoms. The summed E-state index contributed by atoms with van der Waals surface area (Å²) < 4.78 is 41.2. The summed E-state index contributed by atoms with van der Waals surface area (Å²) in [4.78, 5) is 11.6. The number of rotatable bonds is 6. The maximum atomic E-state index is 12.0. The van der Waals surface area contributed by atoms with Gasteiger partial charge >= 0.3 is 6.18 Å². The summed E-state index contributed by atoms with van der Waals surface area (Å²) in [5.41, 5.74) is 0.879. The van der Waals surface area contributed by atoms with Crippen molar-refractivity contribution in [1.29, 1.82) is 0 Å². The Morgan fingerprint density at radius 1 is 1.33 bits per heavy atom. The maximum Gasteiger partial charge on any atom is 0.405 e. The first kappa shape index (κ1) is 17.3. The molecule has 0 saturated heterocycles. The van der Waals surface area contributed by atoms with Gasteiger partial charge in [0.1, 0.15) is 12.3 Å². The summed E-state index contributed by atoms with van der Waals surface area (Å²) in [5, 5.41) is 4.80. The zero-order valence-corrected chi connectivity index (χ0v) is 12.1. The molecular weight excluding hydrogens is 285 g/mol. The molecular formula is C14H19F3N2O2. The lowest BCUT2D eigenvalue weighted by Crippen LogP contribution is -2.45. The molecule has 4 nitrogen and oxygen atoms in total. The minimum atomic E-state index is -4.41. The molecule has 1 rings (SSSR count). The van der Waals surface area contributed by atoms with Crippen molar-refractivity contribution < 1.29 is 22.7 Å². The van der Waals surface area contributed by atoms with Crippen LogP contribution in [0.2, 0.25) is 0 Å². The number of hydrogen-bond acceptors (Lipinski definition) is 3. The van der Waals surface area contributed by atoms with Gasteiger partial charge in [-0.05, 0) is 31.5 Å².